The molecular weight excluding hydrogens is 350 g/mol. The Bertz CT molecular complexity index is 910. The fraction of sp³-hybridized carbons (Fsp3) is 0.391. The van der Waals surface area contributed by atoms with Crippen LogP contribution in [0.15, 0.2) is 48.5 Å². The second-order valence-corrected chi connectivity index (χ2v) is 8.08. The zero-order valence-electron chi connectivity index (χ0n) is 16.4. The van der Waals surface area contributed by atoms with Gasteiger partial charge < -0.3 is 10.6 Å². The third kappa shape index (κ3) is 3.42. The smallest absolute Gasteiger partial charge is 0.248 e. The molecule has 2 aliphatic rings. The van der Waals surface area contributed by atoms with Crippen molar-refractivity contribution in [3.05, 3.63) is 65.2 Å². The SMILES string of the molecule is CC(=O)N1CC2(CCCCN2Cc2cccc(C(N)=O)c2)Cc2ccccc21. The molecule has 5 nitrogen and oxygen atoms in total. The summed E-state index contributed by atoms with van der Waals surface area (Å²) in [6.07, 6.45) is 4.34. The molecule has 1 saturated heterocycles. The maximum Gasteiger partial charge on any atom is 0.248 e. The zero-order valence-corrected chi connectivity index (χ0v) is 16.4. The van der Waals surface area contributed by atoms with Gasteiger partial charge in [-0.25, -0.2) is 0 Å². The van der Waals surface area contributed by atoms with Gasteiger partial charge in [-0.1, -0.05) is 36.8 Å². The van der Waals surface area contributed by atoms with Crippen LogP contribution in [0.1, 0.15) is 47.7 Å². The first kappa shape index (κ1) is 18.7. The Kier molecular flexibility index (Phi) is 4.94. The summed E-state index contributed by atoms with van der Waals surface area (Å²) in [5.41, 5.74) is 9.31. The summed E-state index contributed by atoms with van der Waals surface area (Å²) in [5, 5.41) is 0. The minimum Gasteiger partial charge on any atom is -0.366 e. The number of hydrogen-bond donors (Lipinski definition) is 1. The number of benzene rings is 2. The normalized spacial score (nSPS) is 22.1. The maximum absolute atomic E-state index is 12.4. The Labute approximate surface area is 166 Å². The number of carbonyl (C=O) groups excluding carboxylic acids is 2. The molecule has 28 heavy (non-hydrogen) atoms. The van der Waals surface area contributed by atoms with Gasteiger partial charge in [-0.3, -0.25) is 14.5 Å². The predicted molar refractivity (Wildman–Crippen MR) is 110 cm³/mol. The van der Waals surface area contributed by atoms with Crippen LogP contribution in [0.2, 0.25) is 0 Å². The third-order valence-electron chi connectivity index (χ3n) is 6.21. The fourth-order valence-electron chi connectivity index (χ4n) is 4.82. The Balaban J connectivity index is 1.68. The van der Waals surface area contributed by atoms with Crippen molar-refractivity contribution in [2.45, 2.75) is 44.7 Å². The van der Waals surface area contributed by atoms with Gasteiger partial charge in [0, 0.05) is 36.8 Å². The summed E-state index contributed by atoms with van der Waals surface area (Å²) >= 11 is 0. The van der Waals surface area contributed by atoms with Gasteiger partial charge in [0.15, 0.2) is 0 Å². The molecule has 0 aliphatic carbocycles. The van der Waals surface area contributed by atoms with Crippen LogP contribution in [0.3, 0.4) is 0 Å². The Hall–Kier alpha value is -2.66. The number of para-hydroxylation sites is 1. The van der Waals surface area contributed by atoms with E-state index >= 15 is 0 Å². The molecule has 0 aromatic heterocycles. The molecule has 1 spiro atoms. The van der Waals surface area contributed by atoms with E-state index in [1.807, 2.05) is 35.2 Å². The molecule has 2 aliphatic heterocycles. The first-order valence-electron chi connectivity index (χ1n) is 9.98. The molecule has 1 fully saturated rings. The molecule has 4 rings (SSSR count). The number of nitrogens with two attached hydrogens (primary N) is 1. The van der Waals surface area contributed by atoms with Gasteiger partial charge in [-0.2, -0.15) is 0 Å². The summed E-state index contributed by atoms with van der Waals surface area (Å²) in [6.45, 7) is 4.12. The number of primary amides is 1. The number of anilines is 1. The molecule has 1 atom stereocenters. The molecule has 0 bridgehead atoms. The van der Waals surface area contributed by atoms with Crippen molar-refractivity contribution in [1.29, 1.82) is 0 Å². The van der Waals surface area contributed by atoms with Gasteiger partial charge in [0.1, 0.15) is 0 Å². The molecule has 2 aromatic carbocycles. The van der Waals surface area contributed by atoms with Crippen molar-refractivity contribution in [2.75, 3.05) is 18.0 Å². The van der Waals surface area contributed by atoms with Crippen molar-refractivity contribution in [3.63, 3.8) is 0 Å². The van der Waals surface area contributed by atoms with E-state index < -0.39 is 5.91 Å². The zero-order chi connectivity index (χ0) is 19.7. The number of amides is 2. The minimum absolute atomic E-state index is 0.0685. The molecule has 146 valence electrons. The van der Waals surface area contributed by atoms with E-state index in [4.69, 9.17) is 5.73 Å². The predicted octanol–water partition coefficient (Wildman–Crippen LogP) is 3.12. The number of hydrogen-bond acceptors (Lipinski definition) is 3. The van der Waals surface area contributed by atoms with E-state index in [2.05, 4.69) is 17.0 Å². The highest BCUT2D eigenvalue weighted by molar-refractivity contribution is 5.93. The molecule has 2 amide bonds. The molecule has 2 aromatic rings. The van der Waals surface area contributed by atoms with Crippen molar-refractivity contribution < 1.29 is 9.59 Å². The highest BCUT2D eigenvalue weighted by Gasteiger charge is 2.44. The highest BCUT2D eigenvalue weighted by atomic mass is 16.2. The number of nitrogens with zero attached hydrogens (tertiary/aromatic N) is 2. The molecule has 0 saturated carbocycles. The molecule has 5 heteroatoms. The Morgan fingerprint density at radius 3 is 2.71 bits per heavy atom. The monoisotopic (exact) mass is 377 g/mol. The van der Waals surface area contributed by atoms with Crippen LogP contribution < -0.4 is 10.6 Å². The number of carbonyl (C=O) groups is 2. The van der Waals surface area contributed by atoms with Crippen LogP contribution in [-0.4, -0.2) is 35.3 Å². The van der Waals surface area contributed by atoms with Gasteiger partial charge in [0.05, 0.1) is 0 Å². The summed E-state index contributed by atoms with van der Waals surface area (Å²) in [7, 11) is 0. The lowest BCUT2D eigenvalue weighted by Gasteiger charge is -2.52. The second-order valence-electron chi connectivity index (χ2n) is 8.08. The minimum atomic E-state index is -0.399. The van der Waals surface area contributed by atoms with Crippen LogP contribution in [0.5, 0.6) is 0 Å². The molecule has 2 N–H and O–H groups in total. The summed E-state index contributed by atoms with van der Waals surface area (Å²) in [6, 6.07) is 15.8. The lowest BCUT2D eigenvalue weighted by molar-refractivity contribution is -0.117. The quantitative estimate of drug-likeness (QED) is 0.894. The average Bonchev–Trinajstić information content (AvgIpc) is 2.69. The fourth-order valence-corrected chi connectivity index (χ4v) is 4.82. The molecule has 2 heterocycles. The van der Waals surface area contributed by atoms with Crippen LogP contribution >= 0.6 is 0 Å². The van der Waals surface area contributed by atoms with Crippen LogP contribution in [0.25, 0.3) is 0 Å². The number of rotatable bonds is 3. The van der Waals surface area contributed by atoms with E-state index in [9.17, 15) is 9.59 Å². The summed E-state index contributed by atoms with van der Waals surface area (Å²) < 4.78 is 0. The molecule has 0 radical (unpaired) electrons. The first-order valence-corrected chi connectivity index (χ1v) is 9.98. The Morgan fingerprint density at radius 1 is 1.11 bits per heavy atom. The van der Waals surface area contributed by atoms with Crippen molar-refractivity contribution in [3.8, 4) is 0 Å². The second kappa shape index (κ2) is 7.40. The lowest BCUT2D eigenvalue weighted by Crippen LogP contribution is -2.61. The standard InChI is InChI=1S/C23H27N3O2/c1-17(27)26-16-23(14-20-8-2-3-10-21(20)26)11-4-5-12-25(23)15-18-7-6-9-19(13-18)22(24)28/h2-3,6-10,13H,4-5,11-12,14-16H2,1H3,(H2,24,28). The van der Waals surface area contributed by atoms with Gasteiger partial charge in [0.2, 0.25) is 11.8 Å². The van der Waals surface area contributed by atoms with E-state index in [1.54, 1.807) is 13.0 Å². The van der Waals surface area contributed by atoms with E-state index in [-0.39, 0.29) is 11.4 Å². The van der Waals surface area contributed by atoms with Crippen molar-refractivity contribution >= 4 is 17.5 Å². The van der Waals surface area contributed by atoms with Crippen LogP contribution in [0, 0.1) is 0 Å². The lowest BCUT2D eigenvalue weighted by atomic mass is 9.77. The van der Waals surface area contributed by atoms with E-state index in [0.29, 0.717) is 5.56 Å². The number of likely N-dealkylation sites (tertiary alicyclic amines) is 1. The largest absolute Gasteiger partial charge is 0.366 e. The van der Waals surface area contributed by atoms with Gasteiger partial charge in [-0.05, 0) is 55.1 Å². The summed E-state index contributed by atoms with van der Waals surface area (Å²) in [5.74, 6) is -0.308. The van der Waals surface area contributed by atoms with E-state index in [1.165, 1.54) is 12.0 Å². The van der Waals surface area contributed by atoms with Crippen molar-refractivity contribution in [1.82, 2.24) is 4.90 Å². The van der Waals surface area contributed by atoms with Crippen molar-refractivity contribution in [2.24, 2.45) is 5.73 Å². The van der Waals surface area contributed by atoms with Crippen LogP contribution in [-0.2, 0) is 17.8 Å². The number of piperidine rings is 1. The topological polar surface area (TPSA) is 66.6 Å². The molecular formula is C23H27N3O2. The number of fused-ring (bicyclic) bond motifs is 1. The Morgan fingerprint density at radius 2 is 1.93 bits per heavy atom. The van der Waals surface area contributed by atoms with Gasteiger partial charge >= 0.3 is 0 Å². The highest BCUT2D eigenvalue weighted by Crippen LogP contribution is 2.40. The maximum atomic E-state index is 12.4. The first-order chi connectivity index (χ1) is 13.5. The molecule has 1 unspecified atom stereocenters. The van der Waals surface area contributed by atoms with Gasteiger partial charge in [0.25, 0.3) is 0 Å². The average molecular weight is 377 g/mol. The van der Waals surface area contributed by atoms with Crippen LogP contribution in [0.4, 0.5) is 5.69 Å². The van der Waals surface area contributed by atoms with Gasteiger partial charge in [-0.15, -0.1) is 0 Å². The van der Waals surface area contributed by atoms with E-state index in [0.717, 1.165) is 50.1 Å². The summed E-state index contributed by atoms with van der Waals surface area (Å²) in [4.78, 5) is 28.4. The third-order valence-corrected chi connectivity index (χ3v) is 6.21.